The van der Waals surface area contributed by atoms with Crippen molar-refractivity contribution in [3.8, 4) is 0 Å². The molecule has 1 aromatic heterocycles. The van der Waals surface area contributed by atoms with Gasteiger partial charge in [0.05, 0.1) is 11.3 Å². The maximum Gasteiger partial charge on any atom is 0.149 e. The van der Waals surface area contributed by atoms with Crippen LogP contribution in [0.3, 0.4) is 0 Å². The Labute approximate surface area is 107 Å². The Bertz CT molecular complexity index is 648. The number of pyridine rings is 1. The summed E-state index contributed by atoms with van der Waals surface area (Å²) < 4.78 is 22.9. The van der Waals surface area contributed by atoms with Crippen LogP contribution in [0, 0.1) is 0 Å². The van der Waals surface area contributed by atoms with Crippen molar-refractivity contribution in [2.45, 2.75) is 6.04 Å². The molecule has 0 amide bonds. The van der Waals surface area contributed by atoms with Crippen LogP contribution in [0.25, 0.3) is 10.9 Å². The summed E-state index contributed by atoms with van der Waals surface area (Å²) >= 11 is 0. The van der Waals surface area contributed by atoms with Crippen molar-refractivity contribution in [3.63, 3.8) is 0 Å². The highest BCUT2D eigenvalue weighted by atomic mass is 32.2. The van der Waals surface area contributed by atoms with Crippen LogP contribution in [0.15, 0.2) is 36.5 Å². The zero-order valence-corrected chi connectivity index (χ0v) is 11.2. The van der Waals surface area contributed by atoms with Gasteiger partial charge in [-0.3, -0.25) is 4.98 Å². The molecular weight excluding hydrogens is 248 g/mol. The molecule has 4 nitrogen and oxygen atoms in total. The Balaban J connectivity index is 2.51. The van der Waals surface area contributed by atoms with Crippen LogP contribution < -0.4 is 5.32 Å². The first-order chi connectivity index (χ1) is 8.51. The van der Waals surface area contributed by atoms with Crippen LogP contribution in [0.1, 0.15) is 11.6 Å². The molecular formula is C13H16N2O2S. The molecule has 0 bridgehead atoms. The number of sulfone groups is 1. The minimum atomic E-state index is -3.04. The lowest BCUT2D eigenvalue weighted by Crippen LogP contribution is -2.25. The standard InChI is InChI=1S/C13H16N2O2S/c1-14-12(9-18(2,16)17)11-7-3-5-10-6-4-8-15-13(10)11/h3-8,12,14H,9H2,1-2H3. The fourth-order valence-corrected chi connectivity index (χ4v) is 2.99. The molecule has 96 valence electrons. The molecule has 2 rings (SSSR count). The largest absolute Gasteiger partial charge is 0.312 e. The molecule has 0 aliphatic rings. The predicted molar refractivity (Wildman–Crippen MR) is 73.3 cm³/mol. The molecule has 1 heterocycles. The van der Waals surface area contributed by atoms with E-state index in [1.807, 2.05) is 30.3 Å². The number of hydrogen-bond donors (Lipinski definition) is 1. The van der Waals surface area contributed by atoms with E-state index in [2.05, 4.69) is 10.3 Å². The second-order valence-corrected chi connectivity index (χ2v) is 6.54. The molecule has 2 aromatic rings. The lowest BCUT2D eigenvalue weighted by atomic mass is 10.0. The number of fused-ring (bicyclic) bond motifs is 1. The van der Waals surface area contributed by atoms with Gasteiger partial charge in [-0.1, -0.05) is 24.3 Å². The van der Waals surface area contributed by atoms with Crippen LogP contribution in [0.4, 0.5) is 0 Å². The van der Waals surface area contributed by atoms with Gasteiger partial charge in [-0.05, 0) is 18.7 Å². The monoisotopic (exact) mass is 264 g/mol. The van der Waals surface area contributed by atoms with E-state index in [-0.39, 0.29) is 11.8 Å². The molecule has 1 atom stereocenters. The Kier molecular flexibility index (Phi) is 3.63. The van der Waals surface area contributed by atoms with Gasteiger partial charge in [0.2, 0.25) is 0 Å². The van der Waals surface area contributed by atoms with Crippen LogP contribution in [0.2, 0.25) is 0 Å². The smallest absolute Gasteiger partial charge is 0.149 e. The molecule has 0 aliphatic carbocycles. The van der Waals surface area contributed by atoms with Crippen molar-refractivity contribution >= 4 is 20.7 Å². The summed E-state index contributed by atoms with van der Waals surface area (Å²) in [5, 5.41) is 4.07. The van der Waals surface area contributed by atoms with Crippen molar-refractivity contribution in [3.05, 3.63) is 42.1 Å². The quantitative estimate of drug-likeness (QED) is 0.910. The van der Waals surface area contributed by atoms with Gasteiger partial charge in [-0.2, -0.15) is 0 Å². The Morgan fingerprint density at radius 1 is 1.28 bits per heavy atom. The fraction of sp³-hybridized carbons (Fsp3) is 0.308. The Hall–Kier alpha value is -1.46. The second kappa shape index (κ2) is 5.04. The van der Waals surface area contributed by atoms with Crippen molar-refractivity contribution in [1.82, 2.24) is 10.3 Å². The van der Waals surface area contributed by atoms with Crippen LogP contribution in [-0.2, 0) is 9.84 Å². The minimum absolute atomic E-state index is 0.0686. The highest BCUT2D eigenvalue weighted by Crippen LogP contribution is 2.23. The third-order valence-electron chi connectivity index (χ3n) is 2.86. The number of nitrogens with zero attached hydrogens (tertiary/aromatic N) is 1. The summed E-state index contributed by atoms with van der Waals surface area (Å²) in [4.78, 5) is 4.35. The average Bonchev–Trinajstić information content (AvgIpc) is 2.34. The lowest BCUT2D eigenvalue weighted by Gasteiger charge is -2.17. The first kappa shape index (κ1) is 13.0. The highest BCUT2D eigenvalue weighted by molar-refractivity contribution is 7.90. The summed E-state index contributed by atoms with van der Waals surface area (Å²) in [6.07, 6.45) is 2.97. The first-order valence-electron chi connectivity index (χ1n) is 5.70. The van der Waals surface area contributed by atoms with E-state index >= 15 is 0 Å². The summed E-state index contributed by atoms with van der Waals surface area (Å²) in [5.74, 6) is 0.0686. The summed E-state index contributed by atoms with van der Waals surface area (Å²) in [7, 11) is -1.28. The van der Waals surface area contributed by atoms with Crippen LogP contribution >= 0.6 is 0 Å². The van der Waals surface area contributed by atoms with E-state index in [9.17, 15) is 8.42 Å². The number of hydrogen-bond acceptors (Lipinski definition) is 4. The SMILES string of the molecule is CNC(CS(C)(=O)=O)c1cccc2cccnc12. The number of nitrogens with one attached hydrogen (secondary N) is 1. The van der Waals surface area contributed by atoms with Gasteiger partial charge in [-0.25, -0.2) is 8.42 Å². The number of rotatable bonds is 4. The summed E-state index contributed by atoms with van der Waals surface area (Å²) in [6, 6.07) is 9.42. The van der Waals surface area contributed by atoms with Crippen LogP contribution in [-0.4, -0.2) is 32.5 Å². The minimum Gasteiger partial charge on any atom is -0.312 e. The van der Waals surface area contributed by atoms with Gasteiger partial charge >= 0.3 is 0 Å². The first-order valence-corrected chi connectivity index (χ1v) is 7.76. The zero-order chi connectivity index (χ0) is 13.2. The third kappa shape index (κ3) is 2.86. The van der Waals surface area contributed by atoms with E-state index < -0.39 is 9.84 Å². The van der Waals surface area contributed by atoms with Crippen molar-refractivity contribution in [2.75, 3.05) is 19.1 Å². The molecule has 0 aliphatic heterocycles. The van der Waals surface area contributed by atoms with Crippen LogP contribution in [0.5, 0.6) is 0 Å². The number of aromatic nitrogens is 1. The maximum absolute atomic E-state index is 11.4. The Morgan fingerprint density at radius 2 is 2.00 bits per heavy atom. The van der Waals surface area contributed by atoms with Gasteiger partial charge < -0.3 is 5.32 Å². The zero-order valence-electron chi connectivity index (χ0n) is 10.4. The normalized spacial score (nSPS) is 13.7. The number of para-hydroxylation sites is 1. The van der Waals surface area contributed by atoms with Crippen molar-refractivity contribution < 1.29 is 8.42 Å². The topological polar surface area (TPSA) is 59.1 Å². The molecule has 1 N–H and O–H groups in total. The maximum atomic E-state index is 11.4. The number of benzene rings is 1. The Morgan fingerprint density at radius 3 is 2.67 bits per heavy atom. The van der Waals surface area contributed by atoms with Gasteiger partial charge in [0.15, 0.2) is 0 Å². The van der Waals surface area contributed by atoms with E-state index in [0.29, 0.717) is 0 Å². The summed E-state index contributed by atoms with van der Waals surface area (Å²) in [6.45, 7) is 0. The summed E-state index contributed by atoms with van der Waals surface area (Å²) in [5.41, 5.74) is 1.77. The molecule has 18 heavy (non-hydrogen) atoms. The molecule has 1 unspecified atom stereocenters. The van der Waals surface area contributed by atoms with E-state index in [0.717, 1.165) is 16.5 Å². The van der Waals surface area contributed by atoms with Gasteiger partial charge in [0, 0.05) is 23.9 Å². The highest BCUT2D eigenvalue weighted by Gasteiger charge is 2.18. The molecule has 0 saturated carbocycles. The average molecular weight is 264 g/mol. The molecule has 5 heteroatoms. The predicted octanol–water partition coefficient (Wildman–Crippen LogP) is 1.54. The van der Waals surface area contributed by atoms with Gasteiger partial charge in [-0.15, -0.1) is 0 Å². The molecule has 0 fully saturated rings. The molecule has 0 radical (unpaired) electrons. The van der Waals surface area contributed by atoms with Gasteiger partial charge in [0.1, 0.15) is 9.84 Å². The molecule has 0 spiro atoms. The molecule has 0 saturated heterocycles. The molecule has 1 aromatic carbocycles. The lowest BCUT2D eigenvalue weighted by molar-refractivity contribution is 0.580. The second-order valence-electron chi connectivity index (χ2n) is 4.36. The van der Waals surface area contributed by atoms with Gasteiger partial charge in [0.25, 0.3) is 0 Å². The van der Waals surface area contributed by atoms with E-state index in [1.54, 1.807) is 13.2 Å². The third-order valence-corrected chi connectivity index (χ3v) is 3.80. The van der Waals surface area contributed by atoms with Crippen molar-refractivity contribution in [1.29, 1.82) is 0 Å². The fourth-order valence-electron chi connectivity index (χ4n) is 2.04. The van der Waals surface area contributed by atoms with E-state index in [4.69, 9.17) is 0 Å². The van der Waals surface area contributed by atoms with Crippen molar-refractivity contribution in [2.24, 2.45) is 0 Å². The van der Waals surface area contributed by atoms with E-state index in [1.165, 1.54) is 6.26 Å².